The number of ether oxygens (including phenoxy) is 1. The normalized spacial score (nSPS) is 27.0. The van der Waals surface area contributed by atoms with Crippen LogP contribution in [-0.2, 0) is 5.41 Å². The van der Waals surface area contributed by atoms with Crippen molar-refractivity contribution in [3.63, 3.8) is 0 Å². The molecule has 0 saturated heterocycles. The predicted octanol–water partition coefficient (Wildman–Crippen LogP) is 5.70. The molecule has 3 aromatic carbocycles. The molecule has 0 radical (unpaired) electrons. The minimum Gasteiger partial charge on any atom is -0.460 e. The van der Waals surface area contributed by atoms with Crippen LogP contribution in [0.5, 0.6) is 5.75 Å². The lowest BCUT2D eigenvalue weighted by Gasteiger charge is -2.34. The van der Waals surface area contributed by atoms with E-state index < -0.39 is 0 Å². The van der Waals surface area contributed by atoms with Crippen LogP contribution in [0.25, 0.3) is 0 Å². The van der Waals surface area contributed by atoms with Gasteiger partial charge in [-0.05, 0) is 28.8 Å². The molecule has 0 unspecified atom stereocenters. The maximum Gasteiger partial charge on any atom is 0.131 e. The second-order valence-corrected chi connectivity index (χ2v) is 7.32. The van der Waals surface area contributed by atoms with Gasteiger partial charge in [0.25, 0.3) is 0 Å². The van der Waals surface area contributed by atoms with Gasteiger partial charge in [-0.1, -0.05) is 84.9 Å². The highest BCUT2D eigenvalue weighted by molar-refractivity contribution is 5.69. The Balaban J connectivity index is 1.77. The first-order chi connectivity index (χ1) is 12.9. The van der Waals surface area contributed by atoms with E-state index in [0.29, 0.717) is 11.8 Å². The van der Waals surface area contributed by atoms with Crippen LogP contribution in [0.4, 0.5) is 0 Å². The van der Waals surface area contributed by atoms with Crippen LogP contribution in [0.15, 0.2) is 103 Å². The molecule has 3 aliphatic rings. The standard InChI is InChI=1S/C25H18O/c1-2-9-17(10-3-1)24-19-12-8-16-23-25(24,20-13-5-4-11-18(19)20)21-14-6-7-15-22(21)26-23/h1-16,19,24H/t19-,24-,25+/m1/s1. The average molecular weight is 334 g/mol. The van der Waals surface area contributed by atoms with E-state index in [1.165, 1.54) is 22.3 Å². The van der Waals surface area contributed by atoms with Gasteiger partial charge >= 0.3 is 0 Å². The third-order valence-corrected chi connectivity index (χ3v) is 6.22. The van der Waals surface area contributed by atoms with Crippen LogP contribution in [0.3, 0.4) is 0 Å². The third kappa shape index (κ3) is 1.56. The number of hydrogen-bond acceptors (Lipinski definition) is 1. The van der Waals surface area contributed by atoms with Crippen LogP contribution in [0, 0.1) is 0 Å². The van der Waals surface area contributed by atoms with Gasteiger partial charge in [0.1, 0.15) is 11.5 Å². The Morgan fingerprint density at radius 3 is 2.35 bits per heavy atom. The lowest BCUT2D eigenvalue weighted by molar-refractivity contribution is 0.367. The van der Waals surface area contributed by atoms with Crippen molar-refractivity contribution >= 4 is 0 Å². The van der Waals surface area contributed by atoms with E-state index in [4.69, 9.17) is 4.74 Å². The molecule has 0 saturated carbocycles. The number of rotatable bonds is 1. The topological polar surface area (TPSA) is 9.23 Å². The summed E-state index contributed by atoms with van der Waals surface area (Å²) in [6, 6.07) is 28.4. The van der Waals surface area contributed by atoms with E-state index >= 15 is 0 Å². The monoisotopic (exact) mass is 334 g/mol. The maximum atomic E-state index is 6.43. The summed E-state index contributed by atoms with van der Waals surface area (Å²) in [7, 11) is 0. The molecule has 0 aromatic heterocycles. The predicted molar refractivity (Wildman–Crippen MR) is 103 cm³/mol. The summed E-state index contributed by atoms with van der Waals surface area (Å²) in [4.78, 5) is 0. The molecule has 1 heterocycles. The van der Waals surface area contributed by atoms with Gasteiger partial charge in [-0.25, -0.2) is 0 Å². The molecule has 1 aliphatic heterocycles. The largest absolute Gasteiger partial charge is 0.460 e. The van der Waals surface area contributed by atoms with Crippen molar-refractivity contribution in [3.05, 3.63) is 125 Å². The van der Waals surface area contributed by atoms with Crippen molar-refractivity contribution < 1.29 is 4.74 Å². The van der Waals surface area contributed by atoms with Gasteiger partial charge in [0, 0.05) is 17.4 Å². The lowest BCUT2D eigenvalue weighted by atomic mass is 9.65. The molecular formula is C25H18O. The van der Waals surface area contributed by atoms with E-state index in [-0.39, 0.29) is 5.41 Å². The fraction of sp³-hybridized carbons (Fsp3) is 0.120. The van der Waals surface area contributed by atoms with Gasteiger partial charge < -0.3 is 4.74 Å². The second kappa shape index (κ2) is 4.98. The van der Waals surface area contributed by atoms with Gasteiger partial charge in [0.2, 0.25) is 0 Å². The second-order valence-electron chi connectivity index (χ2n) is 7.32. The van der Waals surface area contributed by atoms with E-state index in [9.17, 15) is 0 Å². The first-order valence-electron chi connectivity index (χ1n) is 9.21. The highest BCUT2D eigenvalue weighted by Gasteiger charge is 2.60. The Kier molecular flexibility index (Phi) is 2.71. The van der Waals surface area contributed by atoms with Crippen LogP contribution < -0.4 is 4.74 Å². The fourth-order valence-corrected chi connectivity index (χ4v) is 5.34. The Morgan fingerprint density at radius 2 is 1.46 bits per heavy atom. The molecule has 0 fully saturated rings. The molecule has 3 aromatic rings. The Hall–Kier alpha value is -3.06. The molecule has 0 N–H and O–H groups in total. The van der Waals surface area contributed by atoms with E-state index in [1.54, 1.807) is 0 Å². The summed E-state index contributed by atoms with van der Waals surface area (Å²) in [5, 5.41) is 0. The highest BCUT2D eigenvalue weighted by Crippen LogP contribution is 2.67. The summed E-state index contributed by atoms with van der Waals surface area (Å²) in [5.74, 6) is 2.69. The third-order valence-electron chi connectivity index (χ3n) is 6.22. The molecular weight excluding hydrogens is 316 g/mol. The van der Waals surface area contributed by atoms with Gasteiger partial charge in [-0.15, -0.1) is 0 Å². The Morgan fingerprint density at radius 1 is 0.731 bits per heavy atom. The minimum absolute atomic E-state index is 0.247. The molecule has 6 rings (SSSR count). The van der Waals surface area contributed by atoms with E-state index in [1.807, 2.05) is 0 Å². The smallest absolute Gasteiger partial charge is 0.131 e. The summed E-state index contributed by atoms with van der Waals surface area (Å²) in [5.41, 5.74) is 5.22. The number of allylic oxidation sites excluding steroid dienone is 4. The number of para-hydroxylation sites is 1. The maximum absolute atomic E-state index is 6.43. The van der Waals surface area contributed by atoms with E-state index in [0.717, 1.165) is 11.5 Å². The lowest BCUT2D eigenvalue weighted by Crippen LogP contribution is -2.32. The van der Waals surface area contributed by atoms with Crippen LogP contribution in [0.1, 0.15) is 34.1 Å². The fourth-order valence-electron chi connectivity index (χ4n) is 5.34. The Bertz CT molecular complexity index is 1080. The minimum atomic E-state index is -0.247. The average Bonchev–Trinajstić information content (AvgIpc) is 3.10. The van der Waals surface area contributed by atoms with Crippen molar-refractivity contribution in [1.82, 2.24) is 0 Å². The molecule has 124 valence electrons. The van der Waals surface area contributed by atoms with Crippen molar-refractivity contribution in [1.29, 1.82) is 0 Å². The van der Waals surface area contributed by atoms with Gasteiger partial charge in [-0.2, -0.15) is 0 Å². The van der Waals surface area contributed by atoms with Crippen molar-refractivity contribution in [2.24, 2.45) is 0 Å². The molecule has 0 amide bonds. The highest BCUT2D eigenvalue weighted by atomic mass is 16.5. The molecule has 1 heteroatoms. The Labute approximate surface area is 153 Å². The summed E-state index contributed by atoms with van der Waals surface area (Å²) < 4.78 is 6.43. The summed E-state index contributed by atoms with van der Waals surface area (Å²) in [6.07, 6.45) is 6.70. The van der Waals surface area contributed by atoms with Crippen LogP contribution >= 0.6 is 0 Å². The SMILES string of the molecule is C1=C[C@@H]2c3ccccc3[C@]3(C(=C1)Oc1ccccc13)[C@@H]2c1ccccc1. The molecule has 26 heavy (non-hydrogen) atoms. The molecule has 1 spiro atoms. The molecule has 2 aliphatic carbocycles. The number of hydrogen-bond donors (Lipinski definition) is 0. The summed E-state index contributed by atoms with van der Waals surface area (Å²) >= 11 is 0. The zero-order valence-corrected chi connectivity index (χ0v) is 14.3. The molecule has 1 nitrogen and oxygen atoms in total. The molecule has 2 bridgehead atoms. The van der Waals surface area contributed by atoms with Crippen LogP contribution in [0.2, 0.25) is 0 Å². The van der Waals surface area contributed by atoms with Crippen molar-refractivity contribution in [2.75, 3.05) is 0 Å². The van der Waals surface area contributed by atoms with Gasteiger partial charge in [-0.3, -0.25) is 0 Å². The molecule has 3 atom stereocenters. The first kappa shape index (κ1) is 14.1. The summed E-state index contributed by atoms with van der Waals surface area (Å²) in [6.45, 7) is 0. The van der Waals surface area contributed by atoms with Crippen molar-refractivity contribution in [3.8, 4) is 5.75 Å². The van der Waals surface area contributed by atoms with Gasteiger partial charge in [0.15, 0.2) is 0 Å². The zero-order chi connectivity index (χ0) is 17.1. The van der Waals surface area contributed by atoms with Crippen molar-refractivity contribution in [2.45, 2.75) is 17.3 Å². The first-order valence-corrected chi connectivity index (χ1v) is 9.21. The van der Waals surface area contributed by atoms with Gasteiger partial charge in [0.05, 0.1) is 5.41 Å². The quantitative estimate of drug-likeness (QED) is 0.555. The number of fused-ring (bicyclic) bond motifs is 4. The van der Waals surface area contributed by atoms with E-state index in [2.05, 4.69) is 97.1 Å². The number of benzene rings is 3. The zero-order valence-electron chi connectivity index (χ0n) is 14.3. The van der Waals surface area contributed by atoms with Crippen LogP contribution in [-0.4, -0.2) is 0 Å².